The van der Waals surface area contributed by atoms with Gasteiger partial charge >= 0.3 is 5.97 Å². The minimum absolute atomic E-state index is 0.114. The summed E-state index contributed by atoms with van der Waals surface area (Å²) in [6.45, 7) is 6.54. The van der Waals surface area contributed by atoms with Crippen LogP contribution >= 0.6 is 0 Å². The Balaban J connectivity index is 2.55. The fourth-order valence-corrected chi connectivity index (χ4v) is 2.33. The molecule has 18 heavy (non-hydrogen) atoms. The molecule has 0 aromatic carbocycles. The zero-order valence-corrected chi connectivity index (χ0v) is 11.4. The molecule has 2 unspecified atom stereocenters. The van der Waals surface area contributed by atoms with Gasteiger partial charge in [-0.2, -0.15) is 0 Å². The molecule has 0 aliphatic carbocycles. The van der Waals surface area contributed by atoms with Gasteiger partial charge in [-0.05, 0) is 31.2 Å². The molecule has 0 aromatic rings. The molecule has 1 saturated heterocycles. The summed E-state index contributed by atoms with van der Waals surface area (Å²) < 4.78 is 0. The standard InChI is InChI=1S/C13H24N2O3/c1-4-9-5-6-14-10(7-9)12(16)15-11(8(2)3)13(17)18/h8-11,14H,4-7H2,1-3H3,(H,15,16)(H,17,18)/t9?,10?,11-/m1/s1. The zero-order chi connectivity index (χ0) is 13.7. The van der Waals surface area contributed by atoms with Crippen LogP contribution in [0.5, 0.6) is 0 Å². The number of carboxylic acids is 1. The first kappa shape index (κ1) is 15.0. The van der Waals surface area contributed by atoms with E-state index in [2.05, 4.69) is 17.6 Å². The smallest absolute Gasteiger partial charge is 0.326 e. The minimum atomic E-state index is -0.971. The third-order valence-corrected chi connectivity index (χ3v) is 3.64. The van der Waals surface area contributed by atoms with Crippen molar-refractivity contribution in [3.8, 4) is 0 Å². The maximum atomic E-state index is 12.0. The van der Waals surface area contributed by atoms with Crippen LogP contribution in [-0.2, 0) is 9.59 Å². The van der Waals surface area contributed by atoms with Gasteiger partial charge in [0, 0.05) is 0 Å². The van der Waals surface area contributed by atoms with E-state index in [1.54, 1.807) is 13.8 Å². The molecule has 1 fully saturated rings. The highest BCUT2D eigenvalue weighted by Crippen LogP contribution is 2.19. The molecule has 5 nitrogen and oxygen atoms in total. The van der Waals surface area contributed by atoms with Crippen LogP contribution < -0.4 is 10.6 Å². The van der Waals surface area contributed by atoms with E-state index >= 15 is 0 Å². The molecule has 0 aromatic heterocycles. The Kier molecular flexibility index (Phi) is 5.59. The number of rotatable bonds is 5. The van der Waals surface area contributed by atoms with Gasteiger partial charge in [-0.1, -0.05) is 27.2 Å². The summed E-state index contributed by atoms with van der Waals surface area (Å²) in [7, 11) is 0. The van der Waals surface area contributed by atoms with Gasteiger partial charge in [-0.3, -0.25) is 4.79 Å². The number of carbonyl (C=O) groups is 2. The molecule has 1 aliphatic heterocycles. The Morgan fingerprint density at radius 1 is 1.44 bits per heavy atom. The van der Waals surface area contributed by atoms with Crippen LogP contribution in [0.3, 0.4) is 0 Å². The van der Waals surface area contributed by atoms with Crippen molar-refractivity contribution in [2.45, 2.75) is 52.1 Å². The molecule has 0 saturated carbocycles. The normalized spacial score (nSPS) is 25.8. The molecular formula is C13H24N2O3. The summed E-state index contributed by atoms with van der Waals surface area (Å²) in [6, 6.07) is -1.05. The lowest BCUT2D eigenvalue weighted by Crippen LogP contribution is -2.54. The van der Waals surface area contributed by atoms with Crippen LogP contribution in [0.4, 0.5) is 0 Å². The second kappa shape index (κ2) is 6.73. The molecule has 1 rings (SSSR count). The molecule has 0 bridgehead atoms. The lowest BCUT2D eigenvalue weighted by atomic mass is 9.90. The SMILES string of the molecule is CCC1CCNC(C(=O)N[C@@H](C(=O)O)C(C)C)C1. The van der Waals surface area contributed by atoms with Gasteiger partial charge in [0.15, 0.2) is 0 Å². The van der Waals surface area contributed by atoms with E-state index in [1.807, 2.05) is 0 Å². The zero-order valence-electron chi connectivity index (χ0n) is 11.4. The molecular weight excluding hydrogens is 232 g/mol. The maximum Gasteiger partial charge on any atom is 0.326 e. The number of aliphatic carboxylic acids is 1. The summed E-state index contributed by atoms with van der Waals surface area (Å²) in [6.07, 6.45) is 2.96. The van der Waals surface area contributed by atoms with Crippen molar-refractivity contribution < 1.29 is 14.7 Å². The first-order chi connectivity index (χ1) is 8.45. The van der Waals surface area contributed by atoms with Crippen molar-refractivity contribution in [2.24, 2.45) is 11.8 Å². The van der Waals surface area contributed by atoms with Crippen LogP contribution in [0.25, 0.3) is 0 Å². The molecule has 1 aliphatic rings. The van der Waals surface area contributed by atoms with Gasteiger partial charge in [0.1, 0.15) is 6.04 Å². The van der Waals surface area contributed by atoms with Gasteiger partial charge in [0.05, 0.1) is 6.04 Å². The topological polar surface area (TPSA) is 78.4 Å². The number of nitrogens with one attached hydrogen (secondary N) is 2. The molecule has 1 heterocycles. The molecule has 0 radical (unpaired) electrons. The average molecular weight is 256 g/mol. The fraction of sp³-hybridized carbons (Fsp3) is 0.846. The Morgan fingerprint density at radius 2 is 2.11 bits per heavy atom. The fourth-order valence-electron chi connectivity index (χ4n) is 2.33. The highest BCUT2D eigenvalue weighted by molar-refractivity contribution is 5.87. The van der Waals surface area contributed by atoms with E-state index in [0.29, 0.717) is 5.92 Å². The van der Waals surface area contributed by atoms with Crippen molar-refractivity contribution in [1.82, 2.24) is 10.6 Å². The van der Waals surface area contributed by atoms with Crippen molar-refractivity contribution in [2.75, 3.05) is 6.54 Å². The summed E-state index contributed by atoms with van der Waals surface area (Å²) in [5.41, 5.74) is 0. The molecule has 5 heteroatoms. The number of hydrogen-bond acceptors (Lipinski definition) is 3. The second-order valence-corrected chi connectivity index (χ2v) is 5.37. The van der Waals surface area contributed by atoms with Crippen molar-refractivity contribution in [1.29, 1.82) is 0 Å². The van der Waals surface area contributed by atoms with Crippen LogP contribution in [0, 0.1) is 11.8 Å². The highest BCUT2D eigenvalue weighted by Gasteiger charge is 2.30. The van der Waals surface area contributed by atoms with Crippen LogP contribution in [0.15, 0.2) is 0 Å². The number of carboxylic acid groups (broad SMARTS) is 1. The van der Waals surface area contributed by atoms with Gasteiger partial charge in [0.2, 0.25) is 5.91 Å². The van der Waals surface area contributed by atoms with Crippen LogP contribution in [0.1, 0.15) is 40.0 Å². The molecule has 104 valence electrons. The Labute approximate surface area is 108 Å². The minimum Gasteiger partial charge on any atom is -0.480 e. The van der Waals surface area contributed by atoms with Crippen LogP contribution in [0.2, 0.25) is 0 Å². The summed E-state index contributed by atoms with van der Waals surface area (Å²) in [4.78, 5) is 23.1. The van der Waals surface area contributed by atoms with Crippen molar-refractivity contribution in [3.63, 3.8) is 0 Å². The predicted octanol–water partition coefficient (Wildman–Crippen LogP) is 0.990. The third-order valence-electron chi connectivity index (χ3n) is 3.64. The molecule has 3 N–H and O–H groups in total. The Bertz CT molecular complexity index is 305. The van der Waals surface area contributed by atoms with E-state index < -0.39 is 12.0 Å². The Hall–Kier alpha value is -1.10. The largest absolute Gasteiger partial charge is 0.480 e. The average Bonchev–Trinajstić information content (AvgIpc) is 2.34. The summed E-state index contributed by atoms with van der Waals surface area (Å²) >= 11 is 0. The van der Waals surface area contributed by atoms with Gasteiger partial charge in [-0.25, -0.2) is 4.79 Å². The third kappa shape index (κ3) is 3.98. The second-order valence-electron chi connectivity index (χ2n) is 5.37. The lowest BCUT2D eigenvalue weighted by Gasteiger charge is -2.30. The monoisotopic (exact) mass is 256 g/mol. The quantitative estimate of drug-likeness (QED) is 0.685. The lowest BCUT2D eigenvalue weighted by molar-refractivity contribution is -0.143. The van der Waals surface area contributed by atoms with E-state index in [9.17, 15) is 9.59 Å². The number of hydrogen-bond donors (Lipinski definition) is 3. The highest BCUT2D eigenvalue weighted by atomic mass is 16.4. The van der Waals surface area contributed by atoms with Crippen molar-refractivity contribution in [3.05, 3.63) is 0 Å². The molecule has 3 atom stereocenters. The first-order valence-corrected chi connectivity index (χ1v) is 6.72. The van der Waals surface area contributed by atoms with Crippen LogP contribution in [-0.4, -0.2) is 35.6 Å². The number of piperidine rings is 1. The van der Waals surface area contributed by atoms with E-state index in [-0.39, 0.29) is 17.9 Å². The van der Waals surface area contributed by atoms with E-state index in [1.165, 1.54) is 0 Å². The van der Waals surface area contributed by atoms with Crippen molar-refractivity contribution >= 4 is 11.9 Å². The Morgan fingerprint density at radius 3 is 2.61 bits per heavy atom. The molecule has 0 spiro atoms. The summed E-state index contributed by atoms with van der Waals surface area (Å²) in [5, 5.41) is 14.8. The summed E-state index contributed by atoms with van der Waals surface area (Å²) in [5.74, 6) is -0.711. The number of amides is 1. The molecule has 1 amide bonds. The number of carbonyl (C=O) groups excluding carboxylic acids is 1. The maximum absolute atomic E-state index is 12.0. The van der Waals surface area contributed by atoms with Gasteiger partial charge < -0.3 is 15.7 Å². The first-order valence-electron chi connectivity index (χ1n) is 6.72. The predicted molar refractivity (Wildman–Crippen MR) is 69.2 cm³/mol. The van der Waals surface area contributed by atoms with E-state index in [0.717, 1.165) is 25.8 Å². The van der Waals surface area contributed by atoms with Gasteiger partial charge in [-0.15, -0.1) is 0 Å². The van der Waals surface area contributed by atoms with E-state index in [4.69, 9.17) is 5.11 Å². The van der Waals surface area contributed by atoms with Gasteiger partial charge in [0.25, 0.3) is 0 Å².